The predicted molar refractivity (Wildman–Crippen MR) is 109 cm³/mol. The van der Waals surface area contributed by atoms with E-state index in [0.717, 1.165) is 25.0 Å². The Morgan fingerprint density at radius 2 is 1.90 bits per heavy atom. The first-order valence-corrected chi connectivity index (χ1v) is 9.73. The smallest absolute Gasteiger partial charge is 0.294 e. The molecule has 0 saturated carbocycles. The fraction of sp³-hybridized carbons (Fsp3) is 0.650. The van der Waals surface area contributed by atoms with Gasteiger partial charge in [-0.3, -0.25) is 4.79 Å². The monoisotopic (exact) mass is 414 g/mol. The van der Waals surface area contributed by atoms with Crippen LogP contribution in [0.15, 0.2) is 24.3 Å². The molecule has 29 heavy (non-hydrogen) atoms. The van der Waals surface area contributed by atoms with E-state index in [1.165, 1.54) is 5.56 Å². The Kier molecular flexibility index (Phi) is 16.2. The quantitative estimate of drug-likeness (QED) is 0.202. The van der Waals surface area contributed by atoms with Gasteiger partial charge in [-0.25, -0.2) is 0 Å². The van der Waals surface area contributed by atoms with Gasteiger partial charge in [-0.2, -0.15) is 0 Å². The molecule has 0 aliphatic rings. The number of rotatable bonds is 15. The van der Waals surface area contributed by atoms with Crippen molar-refractivity contribution in [3.63, 3.8) is 0 Å². The van der Waals surface area contributed by atoms with Gasteiger partial charge in [0.1, 0.15) is 18.5 Å². The summed E-state index contributed by atoms with van der Waals surface area (Å²) in [5, 5.41) is 11.9. The third-order valence-corrected chi connectivity index (χ3v) is 3.65. The molecule has 0 aliphatic carbocycles. The van der Waals surface area contributed by atoms with E-state index in [9.17, 15) is 14.9 Å². The highest BCUT2D eigenvalue weighted by atomic mass is 16.9. The molecule has 1 aromatic rings. The van der Waals surface area contributed by atoms with Crippen molar-refractivity contribution in [2.24, 2.45) is 0 Å². The summed E-state index contributed by atoms with van der Waals surface area (Å²) in [5.41, 5.74) is 1.20. The number of carbonyl (C=O) groups is 1. The maximum Gasteiger partial charge on any atom is 0.294 e. The Balaban J connectivity index is 0.000000828. The van der Waals surface area contributed by atoms with E-state index in [1.54, 1.807) is 7.11 Å². The van der Waals surface area contributed by atoms with Crippen LogP contribution in [0.5, 0.6) is 5.75 Å². The average molecular weight is 414 g/mol. The van der Waals surface area contributed by atoms with Gasteiger partial charge >= 0.3 is 0 Å². The van der Waals surface area contributed by atoms with E-state index in [-0.39, 0.29) is 12.7 Å². The minimum Gasteiger partial charge on any atom is -0.490 e. The third kappa shape index (κ3) is 16.3. The van der Waals surface area contributed by atoms with E-state index in [2.05, 4.69) is 10.2 Å². The molecule has 1 aromatic carbocycles. The molecule has 1 atom stereocenters. The largest absolute Gasteiger partial charge is 0.490 e. The molecule has 0 aliphatic heterocycles. The zero-order chi connectivity index (χ0) is 21.9. The van der Waals surface area contributed by atoms with Gasteiger partial charge in [0.2, 0.25) is 0 Å². The molecule has 0 amide bonds. The van der Waals surface area contributed by atoms with Crippen LogP contribution in [-0.2, 0) is 25.5 Å². The number of unbranched alkanes of at least 4 members (excludes halogenated alkanes) is 1. The van der Waals surface area contributed by atoms with Crippen LogP contribution in [0.3, 0.4) is 0 Å². The van der Waals surface area contributed by atoms with Crippen LogP contribution >= 0.6 is 0 Å². The Bertz CT molecular complexity index is 538. The van der Waals surface area contributed by atoms with E-state index in [1.807, 2.05) is 45.0 Å². The summed E-state index contributed by atoms with van der Waals surface area (Å²) in [5.74, 6) is 0.764. The van der Waals surface area contributed by atoms with Crippen LogP contribution in [0.2, 0.25) is 0 Å². The van der Waals surface area contributed by atoms with E-state index in [4.69, 9.17) is 14.2 Å². The van der Waals surface area contributed by atoms with Gasteiger partial charge < -0.3 is 24.4 Å². The highest BCUT2D eigenvalue weighted by Gasteiger charge is 2.11. The molecule has 0 aromatic heterocycles. The summed E-state index contributed by atoms with van der Waals surface area (Å²) >= 11 is 0. The van der Waals surface area contributed by atoms with E-state index in [0.29, 0.717) is 32.3 Å². The molecule has 1 rings (SSSR count). The molecule has 0 spiro atoms. The topological polar surface area (TPSA) is 109 Å². The first kappa shape index (κ1) is 26.6. The molecule has 1 unspecified atom stereocenters. The normalized spacial score (nSPS) is 11.2. The fourth-order valence-corrected chi connectivity index (χ4v) is 2.04. The number of nitrogens with zero attached hydrogens (tertiary/aromatic N) is 1. The molecule has 9 heteroatoms. The number of benzene rings is 1. The average Bonchev–Trinajstić information content (AvgIpc) is 2.69. The van der Waals surface area contributed by atoms with Crippen molar-refractivity contribution in [2.75, 3.05) is 33.5 Å². The van der Waals surface area contributed by atoms with Gasteiger partial charge in [0.25, 0.3) is 11.6 Å². The lowest BCUT2D eigenvalue weighted by atomic mass is 10.1. The maximum absolute atomic E-state index is 10.5. The highest BCUT2D eigenvalue weighted by molar-refractivity contribution is 5.37. The number of hydrogen-bond donors (Lipinski definition) is 1. The van der Waals surface area contributed by atoms with Crippen molar-refractivity contribution in [1.29, 1.82) is 0 Å². The lowest BCUT2D eigenvalue weighted by Crippen LogP contribution is -2.36. The van der Waals surface area contributed by atoms with Gasteiger partial charge in [-0.05, 0) is 30.5 Å². The molecule has 0 saturated heterocycles. The van der Waals surface area contributed by atoms with Gasteiger partial charge in [0.05, 0.1) is 13.2 Å². The summed E-state index contributed by atoms with van der Waals surface area (Å²) in [4.78, 5) is 24.0. The van der Waals surface area contributed by atoms with Crippen LogP contribution < -0.4 is 10.1 Å². The van der Waals surface area contributed by atoms with Crippen molar-refractivity contribution >= 4 is 6.47 Å². The molecule has 166 valence electrons. The Morgan fingerprint density at radius 3 is 2.41 bits per heavy atom. The Labute approximate surface area is 172 Å². The van der Waals surface area contributed by atoms with Crippen LogP contribution in [0.1, 0.15) is 39.2 Å². The van der Waals surface area contributed by atoms with Gasteiger partial charge in [0.15, 0.2) is 0 Å². The molecule has 0 bridgehead atoms. The summed E-state index contributed by atoms with van der Waals surface area (Å²) < 4.78 is 15.7. The highest BCUT2D eigenvalue weighted by Crippen LogP contribution is 2.13. The summed E-state index contributed by atoms with van der Waals surface area (Å²) in [6.07, 6.45) is 2.26. The summed E-state index contributed by atoms with van der Waals surface area (Å²) in [6.45, 7) is 8.32. The first-order chi connectivity index (χ1) is 13.9. The van der Waals surface area contributed by atoms with Crippen LogP contribution in [0, 0.1) is 10.1 Å². The number of methoxy groups -OCH3 is 1. The Hall–Kier alpha value is -2.39. The van der Waals surface area contributed by atoms with Crippen LogP contribution in [0.4, 0.5) is 0 Å². The second-order valence-corrected chi connectivity index (χ2v) is 6.53. The fourth-order valence-electron chi connectivity index (χ4n) is 2.04. The molecule has 0 fully saturated rings. The van der Waals surface area contributed by atoms with Crippen molar-refractivity contribution in [2.45, 2.75) is 52.2 Å². The van der Waals surface area contributed by atoms with Crippen molar-refractivity contribution in [3.05, 3.63) is 39.9 Å². The van der Waals surface area contributed by atoms with E-state index >= 15 is 0 Å². The van der Waals surface area contributed by atoms with Crippen LogP contribution in [-0.4, -0.2) is 57.2 Å². The summed E-state index contributed by atoms with van der Waals surface area (Å²) in [7, 11) is 1.69. The second kappa shape index (κ2) is 17.7. The number of nitrogens with one attached hydrogen (secondary N) is 1. The lowest BCUT2D eigenvalue weighted by molar-refractivity contribution is -0.757. The zero-order valence-electron chi connectivity index (χ0n) is 17.8. The van der Waals surface area contributed by atoms with Gasteiger partial charge in [-0.1, -0.05) is 39.3 Å². The molecular formula is C20H34N2O7. The molecular weight excluding hydrogens is 380 g/mol. The lowest BCUT2D eigenvalue weighted by Gasteiger charge is -2.18. The second-order valence-electron chi connectivity index (χ2n) is 6.53. The zero-order valence-corrected chi connectivity index (χ0v) is 17.8. The predicted octanol–water partition coefficient (Wildman–Crippen LogP) is 2.79. The van der Waals surface area contributed by atoms with Crippen molar-refractivity contribution in [3.8, 4) is 5.75 Å². The minimum absolute atomic E-state index is 0.226. The SMILES string of the molecule is CCCCO[N+](=O)[O-].COCCc1ccc(OCC(CNC(C)C)OC=O)cc1. The summed E-state index contributed by atoms with van der Waals surface area (Å²) in [6, 6.07) is 8.19. The third-order valence-electron chi connectivity index (χ3n) is 3.65. The molecule has 9 nitrogen and oxygen atoms in total. The van der Waals surface area contributed by atoms with Crippen molar-refractivity contribution < 1.29 is 28.9 Å². The Morgan fingerprint density at radius 1 is 1.21 bits per heavy atom. The maximum atomic E-state index is 10.5. The standard InChI is InChI=1S/C16H25NO4.C4H9NO3/c1-13(2)17-10-16(21-12-18)11-20-15-6-4-14(5-7-15)8-9-19-3;1-2-3-4-8-5(6)7/h4-7,12-13,16-17H,8-11H2,1-3H3;2-4H2,1H3. The number of hydrogen-bond acceptors (Lipinski definition) is 8. The molecule has 0 radical (unpaired) electrons. The van der Waals surface area contributed by atoms with Crippen LogP contribution in [0.25, 0.3) is 0 Å². The van der Waals surface area contributed by atoms with E-state index < -0.39 is 5.09 Å². The van der Waals surface area contributed by atoms with Gasteiger partial charge in [0, 0.05) is 19.7 Å². The first-order valence-electron chi connectivity index (χ1n) is 9.73. The van der Waals surface area contributed by atoms with Crippen molar-refractivity contribution in [1.82, 2.24) is 5.32 Å². The molecule has 1 N–H and O–H groups in total. The van der Waals surface area contributed by atoms with Gasteiger partial charge in [-0.15, -0.1) is 10.1 Å². The number of ether oxygens (including phenoxy) is 3. The molecule has 0 heterocycles. The number of carbonyl (C=O) groups excluding carboxylic acids is 1. The minimum atomic E-state index is -0.768.